The predicted molar refractivity (Wildman–Crippen MR) is 65.9 cm³/mol. The molecule has 1 aromatic rings. The summed E-state index contributed by atoms with van der Waals surface area (Å²) in [5.41, 5.74) is 0.975. The maximum absolute atomic E-state index is 5.70. The van der Waals surface area contributed by atoms with Crippen molar-refractivity contribution < 1.29 is 4.74 Å². The molecule has 0 radical (unpaired) electrons. The van der Waals surface area contributed by atoms with Crippen LogP contribution in [0.1, 0.15) is 32.3 Å². The van der Waals surface area contributed by atoms with Crippen molar-refractivity contribution in [1.29, 1.82) is 0 Å². The summed E-state index contributed by atoms with van der Waals surface area (Å²) in [6, 6.07) is 0. The fourth-order valence-corrected chi connectivity index (χ4v) is 1.49. The van der Waals surface area contributed by atoms with E-state index in [4.69, 9.17) is 4.74 Å². The maximum Gasteiger partial charge on any atom is 0.225 e. The second kappa shape index (κ2) is 6.30. The first-order chi connectivity index (χ1) is 7.67. The number of rotatable bonds is 6. The van der Waals surface area contributed by atoms with E-state index in [1.165, 1.54) is 12.8 Å². The largest absolute Gasteiger partial charge is 0.477 e. The summed E-state index contributed by atoms with van der Waals surface area (Å²) in [7, 11) is 1.80. The molecule has 1 aromatic heterocycles. The number of hydrogen-bond donors (Lipinski definition) is 1. The zero-order valence-corrected chi connectivity index (χ0v) is 10.6. The van der Waals surface area contributed by atoms with Gasteiger partial charge in [0.05, 0.1) is 6.61 Å². The molecule has 0 spiro atoms. The van der Waals surface area contributed by atoms with E-state index in [2.05, 4.69) is 29.1 Å². The van der Waals surface area contributed by atoms with Gasteiger partial charge < -0.3 is 10.1 Å². The minimum absolute atomic E-state index is 0.567. The zero-order chi connectivity index (χ0) is 12.0. The van der Waals surface area contributed by atoms with Crippen molar-refractivity contribution in [2.75, 3.05) is 19.0 Å². The van der Waals surface area contributed by atoms with Crippen molar-refractivity contribution >= 4 is 5.95 Å². The number of ether oxygens (including phenoxy) is 1. The summed E-state index contributed by atoms with van der Waals surface area (Å²) in [4.78, 5) is 8.40. The van der Waals surface area contributed by atoms with Crippen molar-refractivity contribution in [2.45, 2.75) is 33.6 Å². The monoisotopic (exact) mass is 223 g/mol. The first-order valence-corrected chi connectivity index (χ1v) is 5.81. The van der Waals surface area contributed by atoms with E-state index >= 15 is 0 Å². The molecule has 1 unspecified atom stereocenters. The molecular formula is C12H21N3O. The molecular weight excluding hydrogens is 202 g/mol. The van der Waals surface area contributed by atoms with Gasteiger partial charge in [-0.25, -0.2) is 4.98 Å². The van der Waals surface area contributed by atoms with Crippen LogP contribution in [0.25, 0.3) is 0 Å². The molecule has 1 heterocycles. The van der Waals surface area contributed by atoms with Crippen LogP contribution in [0.2, 0.25) is 0 Å². The lowest BCUT2D eigenvalue weighted by Gasteiger charge is -2.13. The highest BCUT2D eigenvalue weighted by molar-refractivity contribution is 5.31. The first kappa shape index (κ1) is 12.7. The molecule has 0 saturated carbocycles. The number of anilines is 1. The van der Waals surface area contributed by atoms with Crippen molar-refractivity contribution in [3.8, 4) is 5.88 Å². The number of nitrogens with one attached hydrogen (secondary N) is 1. The molecule has 0 amide bonds. The molecule has 0 aliphatic heterocycles. The lowest BCUT2D eigenvalue weighted by atomic mass is 10.1. The Kier molecular flexibility index (Phi) is 5.02. The minimum atomic E-state index is 0.567. The maximum atomic E-state index is 5.70. The normalized spacial score (nSPS) is 12.2. The predicted octanol–water partition coefficient (Wildman–Crippen LogP) is 2.64. The van der Waals surface area contributed by atoms with Crippen LogP contribution in [-0.4, -0.2) is 23.6 Å². The molecule has 1 rings (SSSR count). The Hall–Kier alpha value is -1.32. The van der Waals surface area contributed by atoms with E-state index in [0.717, 1.165) is 12.2 Å². The second-order valence-electron chi connectivity index (χ2n) is 4.14. The highest BCUT2D eigenvalue weighted by atomic mass is 16.5. The van der Waals surface area contributed by atoms with Gasteiger partial charge in [-0.15, -0.1) is 0 Å². The Morgan fingerprint density at radius 1 is 1.50 bits per heavy atom. The van der Waals surface area contributed by atoms with Crippen LogP contribution in [0.3, 0.4) is 0 Å². The smallest absolute Gasteiger partial charge is 0.225 e. The quantitative estimate of drug-likeness (QED) is 0.805. The summed E-state index contributed by atoms with van der Waals surface area (Å²) in [5, 5.41) is 2.91. The average Bonchev–Trinajstić information content (AvgIpc) is 2.28. The molecule has 1 atom stereocenters. The van der Waals surface area contributed by atoms with E-state index in [0.29, 0.717) is 17.7 Å². The Bertz CT molecular complexity index is 328. The molecule has 0 aromatic carbocycles. The van der Waals surface area contributed by atoms with Crippen LogP contribution in [0.5, 0.6) is 5.88 Å². The summed E-state index contributed by atoms with van der Waals surface area (Å²) in [6.07, 6.45) is 4.15. The van der Waals surface area contributed by atoms with E-state index in [-0.39, 0.29) is 0 Å². The van der Waals surface area contributed by atoms with Crippen LogP contribution < -0.4 is 10.1 Å². The van der Waals surface area contributed by atoms with E-state index < -0.39 is 0 Å². The SMILES string of the molecule is CCCC(C)COc1nc(NC)ncc1C. The fourth-order valence-electron chi connectivity index (χ4n) is 1.49. The number of aryl methyl sites for hydroxylation is 1. The van der Waals surface area contributed by atoms with Crippen LogP contribution in [0.15, 0.2) is 6.20 Å². The molecule has 16 heavy (non-hydrogen) atoms. The lowest BCUT2D eigenvalue weighted by Crippen LogP contribution is -2.10. The third-order valence-corrected chi connectivity index (χ3v) is 2.43. The van der Waals surface area contributed by atoms with Crippen LogP contribution in [0, 0.1) is 12.8 Å². The van der Waals surface area contributed by atoms with Gasteiger partial charge in [-0.2, -0.15) is 4.98 Å². The van der Waals surface area contributed by atoms with Crippen molar-refractivity contribution in [3.63, 3.8) is 0 Å². The van der Waals surface area contributed by atoms with Crippen molar-refractivity contribution in [1.82, 2.24) is 9.97 Å². The third-order valence-electron chi connectivity index (χ3n) is 2.43. The highest BCUT2D eigenvalue weighted by Gasteiger charge is 2.06. The van der Waals surface area contributed by atoms with Crippen molar-refractivity contribution in [2.24, 2.45) is 5.92 Å². The third kappa shape index (κ3) is 3.68. The van der Waals surface area contributed by atoms with E-state index in [1.54, 1.807) is 13.2 Å². The van der Waals surface area contributed by atoms with Gasteiger partial charge >= 0.3 is 0 Å². The van der Waals surface area contributed by atoms with Gasteiger partial charge in [-0.1, -0.05) is 20.3 Å². The first-order valence-electron chi connectivity index (χ1n) is 5.81. The van der Waals surface area contributed by atoms with Gasteiger partial charge in [0.15, 0.2) is 0 Å². The molecule has 4 heteroatoms. The number of nitrogens with zero attached hydrogens (tertiary/aromatic N) is 2. The molecule has 4 nitrogen and oxygen atoms in total. The van der Waals surface area contributed by atoms with Crippen LogP contribution >= 0.6 is 0 Å². The molecule has 1 N–H and O–H groups in total. The fraction of sp³-hybridized carbons (Fsp3) is 0.667. The molecule has 90 valence electrons. The van der Waals surface area contributed by atoms with Crippen LogP contribution in [-0.2, 0) is 0 Å². The molecule has 0 saturated heterocycles. The van der Waals surface area contributed by atoms with Gasteiger partial charge in [0.1, 0.15) is 0 Å². The topological polar surface area (TPSA) is 47.0 Å². The van der Waals surface area contributed by atoms with Gasteiger partial charge in [-0.05, 0) is 19.3 Å². The molecule has 0 aliphatic rings. The van der Waals surface area contributed by atoms with Crippen LogP contribution in [0.4, 0.5) is 5.95 Å². The zero-order valence-electron chi connectivity index (χ0n) is 10.6. The highest BCUT2D eigenvalue weighted by Crippen LogP contribution is 2.16. The summed E-state index contributed by atoms with van der Waals surface area (Å²) >= 11 is 0. The number of hydrogen-bond acceptors (Lipinski definition) is 4. The van der Waals surface area contributed by atoms with Gasteiger partial charge in [0.25, 0.3) is 0 Å². The summed E-state index contributed by atoms with van der Waals surface area (Å²) in [6.45, 7) is 7.05. The second-order valence-corrected chi connectivity index (χ2v) is 4.14. The van der Waals surface area contributed by atoms with Gasteiger partial charge in [0, 0.05) is 18.8 Å². The van der Waals surface area contributed by atoms with E-state index in [1.807, 2.05) is 6.92 Å². The van der Waals surface area contributed by atoms with E-state index in [9.17, 15) is 0 Å². The van der Waals surface area contributed by atoms with Gasteiger partial charge in [0.2, 0.25) is 11.8 Å². The molecule has 0 aliphatic carbocycles. The Morgan fingerprint density at radius 2 is 2.25 bits per heavy atom. The molecule has 0 bridgehead atoms. The Morgan fingerprint density at radius 3 is 2.88 bits per heavy atom. The number of aromatic nitrogens is 2. The van der Waals surface area contributed by atoms with Crippen molar-refractivity contribution in [3.05, 3.63) is 11.8 Å². The Balaban J connectivity index is 2.58. The Labute approximate surface area is 97.5 Å². The summed E-state index contributed by atoms with van der Waals surface area (Å²) < 4.78 is 5.70. The average molecular weight is 223 g/mol. The molecule has 0 fully saturated rings. The standard InChI is InChI=1S/C12H21N3O/c1-5-6-9(2)8-16-11-10(3)7-14-12(13-4)15-11/h7,9H,5-6,8H2,1-4H3,(H,13,14,15). The minimum Gasteiger partial charge on any atom is -0.477 e. The van der Waals surface area contributed by atoms with Gasteiger partial charge in [-0.3, -0.25) is 0 Å². The lowest BCUT2D eigenvalue weighted by molar-refractivity contribution is 0.241. The summed E-state index contributed by atoms with van der Waals surface area (Å²) in [5.74, 6) is 1.85.